The Morgan fingerprint density at radius 1 is 1.21 bits per heavy atom. The quantitative estimate of drug-likeness (QED) is 0.345. The first kappa shape index (κ1) is 22.6. The number of aliphatic imine (C=N–C) groups is 1. The summed E-state index contributed by atoms with van der Waals surface area (Å²) >= 11 is 6.21. The highest BCUT2D eigenvalue weighted by Crippen LogP contribution is 2.26. The molecule has 1 unspecified atom stereocenters. The summed E-state index contributed by atoms with van der Waals surface area (Å²) < 4.78 is 5.33. The number of anilines is 1. The molecule has 152 valence electrons. The molecule has 0 radical (unpaired) electrons. The van der Waals surface area contributed by atoms with Crippen molar-refractivity contribution < 1.29 is 4.74 Å². The van der Waals surface area contributed by atoms with Gasteiger partial charge in [-0.25, -0.2) is 0 Å². The largest absolute Gasteiger partial charge is 0.497 e. The third-order valence-electron chi connectivity index (χ3n) is 4.89. The van der Waals surface area contributed by atoms with Crippen molar-refractivity contribution in [1.82, 2.24) is 10.6 Å². The van der Waals surface area contributed by atoms with Crippen molar-refractivity contribution in [3.8, 4) is 5.75 Å². The van der Waals surface area contributed by atoms with Gasteiger partial charge >= 0.3 is 0 Å². The molecule has 1 saturated heterocycles. The molecule has 0 aromatic heterocycles. The number of nitrogens with zero attached hydrogens (tertiary/aromatic N) is 2. The third-order valence-corrected chi connectivity index (χ3v) is 5.26. The molecule has 7 heteroatoms. The van der Waals surface area contributed by atoms with Crippen LogP contribution in [-0.2, 0) is 6.54 Å². The highest BCUT2D eigenvalue weighted by Gasteiger charge is 2.23. The van der Waals surface area contributed by atoms with E-state index in [0.29, 0.717) is 12.5 Å². The molecule has 2 aromatic rings. The summed E-state index contributed by atoms with van der Waals surface area (Å²) in [7, 11) is 3.50. The smallest absolute Gasteiger partial charge is 0.191 e. The van der Waals surface area contributed by atoms with E-state index in [1.54, 1.807) is 14.2 Å². The second kappa shape index (κ2) is 11.4. The molecule has 1 atom stereocenters. The van der Waals surface area contributed by atoms with Gasteiger partial charge in [0.15, 0.2) is 5.96 Å². The van der Waals surface area contributed by atoms with E-state index >= 15 is 0 Å². The van der Waals surface area contributed by atoms with Crippen molar-refractivity contribution in [3.05, 3.63) is 59.1 Å². The van der Waals surface area contributed by atoms with Crippen LogP contribution in [0.1, 0.15) is 12.0 Å². The van der Waals surface area contributed by atoms with Crippen LogP contribution >= 0.6 is 35.6 Å². The summed E-state index contributed by atoms with van der Waals surface area (Å²) in [4.78, 5) is 6.73. The summed E-state index contributed by atoms with van der Waals surface area (Å²) in [5.74, 6) is 2.28. The van der Waals surface area contributed by atoms with Crippen molar-refractivity contribution in [3.63, 3.8) is 0 Å². The minimum atomic E-state index is 0. The maximum atomic E-state index is 6.21. The third kappa shape index (κ3) is 6.17. The topological polar surface area (TPSA) is 48.9 Å². The van der Waals surface area contributed by atoms with E-state index in [0.717, 1.165) is 48.4 Å². The SMILES string of the molecule is CN=C(NCc1ccccc1Cl)NCC1CCN(c2cccc(OC)c2)C1.I. The first-order valence-electron chi connectivity index (χ1n) is 9.26. The van der Waals surface area contributed by atoms with E-state index in [1.165, 1.54) is 5.69 Å². The molecule has 0 bridgehead atoms. The van der Waals surface area contributed by atoms with Gasteiger partial charge < -0.3 is 20.3 Å². The molecular weight excluding hydrogens is 487 g/mol. The number of benzene rings is 2. The highest BCUT2D eigenvalue weighted by atomic mass is 127. The predicted octanol–water partition coefficient (Wildman–Crippen LogP) is 4.16. The van der Waals surface area contributed by atoms with Gasteiger partial charge in [-0.2, -0.15) is 0 Å². The normalized spacial score (nSPS) is 16.5. The van der Waals surface area contributed by atoms with E-state index in [9.17, 15) is 0 Å². The molecule has 1 aliphatic heterocycles. The van der Waals surface area contributed by atoms with E-state index in [1.807, 2.05) is 36.4 Å². The number of hydrogen-bond acceptors (Lipinski definition) is 3. The molecular formula is C21H28ClIN4O. The standard InChI is InChI=1S/C21H27ClN4O.HI/c1-23-21(25-14-17-6-3-4-9-20(17)22)24-13-16-10-11-26(15-16)18-7-5-8-19(12-18)27-2;/h3-9,12,16H,10-11,13-15H2,1-2H3,(H2,23,24,25);1H. The molecule has 28 heavy (non-hydrogen) atoms. The number of nitrogens with one attached hydrogen (secondary N) is 2. The minimum Gasteiger partial charge on any atom is -0.497 e. The van der Waals surface area contributed by atoms with Crippen LogP contribution in [0.25, 0.3) is 0 Å². The zero-order chi connectivity index (χ0) is 19.1. The number of methoxy groups -OCH3 is 1. The van der Waals surface area contributed by atoms with Gasteiger partial charge in [-0.3, -0.25) is 4.99 Å². The summed E-state index contributed by atoms with van der Waals surface area (Å²) in [5, 5.41) is 7.54. The maximum Gasteiger partial charge on any atom is 0.191 e. The van der Waals surface area contributed by atoms with E-state index in [-0.39, 0.29) is 24.0 Å². The Hall–Kier alpha value is -1.67. The van der Waals surface area contributed by atoms with Crippen molar-refractivity contribution in [2.24, 2.45) is 10.9 Å². The van der Waals surface area contributed by atoms with Crippen molar-refractivity contribution in [2.75, 3.05) is 38.7 Å². The van der Waals surface area contributed by atoms with Crippen LogP contribution in [-0.4, -0.2) is 39.8 Å². The second-order valence-corrected chi connectivity index (χ2v) is 7.11. The molecule has 1 aliphatic rings. The van der Waals surface area contributed by atoms with Crippen LogP contribution in [0.5, 0.6) is 5.75 Å². The monoisotopic (exact) mass is 514 g/mol. The molecule has 2 aromatic carbocycles. The van der Waals surface area contributed by atoms with Crippen LogP contribution in [0.3, 0.4) is 0 Å². The lowest BCUT2D eigenvalue weighted by atomic mass is 10.1. The van der Waals surface area contributed by atoms with E-state index in [2.05, 4.69) is 32.7 Å². The van der Waals surface area contributed by atoms with Gasteiger partial charge in [0.25, 0.3) is 0 Å². The van der Waals surface area contributed by atoms with Crippen LogP contribution < -0.4 is 20.3 Å². The molecule has 2 N–H and O–H groups in total. The fourth-order valence-corrected chi connectivity index (χ4v) is 3.53. The maximum absolute atomic E-state index is 6.21. The van der Waals surface area contributed by atoms with Gasteiger partial charge in [0.1, 0.15) is 5.75 Å². The Kier molecular flexibility index (Phi) is 9.18. The lowest BCUT2D eigenvalue weighted by molar-refractivity contribution is 0.415. The summed E-state index contributed by atoms with van der Waals surface area (Å²) in [6.07, 6.45) is 1.16. The Bertz CT molecular complexity index is 787. The molecule has 0 aliphatic carbocycles. The Morgan fingerprint density at radius 3 is 2.79 bits per heavy atom. The van der Waals surface area contributed by atoms with Crippen LogP contribution in [0, 0.1) is 5.92 Å². The number of hydrogen-bond donors (Lipinski definition) is 2. The molecule has 0 amide bonds. The Morgan fingerprint density at radius 2 is 2.04 bits per heavy atom. The number of ether oxygens (including phenoxy) is 1. The predicted molar refractivity (Wildman–Crippen MR) is 128 cm³/mol. The zero-order valence-corrected chi connectivity index (χ0v) is 19.4. The van der Waals surface area contributed by atoms with Gasteiger partial charge in [-0.05, 0) is 36.1 Å². The zero-order valence-electron chi connectivity index (χ0n) is 16.3. The first-order chi connectivity index (χ1) is 13.2. The molecule has 1 fully saturated rings. The lowest BCUT2D eigenvalue weighted by Crippen LogP contribution is -2.40. The van der Waals surface area contributed by atoms with E-state index in [4.69, 9.17) is 16.3 Å². The lowest BCUT2D eigenvalue weighted by Gasteiger charge is -2.20. The second-order valence-electron chi connectivity index (χ2n) is 6.70. The molecule has 0 saturated carbocycles. The van der Waals surface area contributed by atoms with Crippen LogP contribution in [0.2, 0.25) is 5.02 Å². The average molecular weight is 515 g/mol. The van der Waals surface area contributed by atoms with Crippen LogP contribution in [0.15, 0.2) is 53.5 Å². The van der Waals surface area contributed by atoms with Gasteiger partial charge in [-0.1, -0.05) is 35.9 Å². The van der Waals surface area contributed by atoms with Gasteiger partial charge in [0.05, 0.1) is 7.11 Å². The number of guanidine groups is 1. The molecule has 1 heterocycles. The van der Waals surface area contributed by atoms with Gasteiger partial charge in [0.2, 0.25) is 0 Å². The van der Waals surface area contributed by atoms with Crippen LogP contribution in [0.4, 0.5) is 5.69 Å². The first-order valence-corrected chi connectivity index (χ1v) is 9.64. The van der Waals surface area contributed by atoms with Crippen molar-refractivity contribution in [1.29, 1.82) is 0 Å². The summed E-state index contributed by atoms with van der Waals surface area (Å²) in [5.41, 5.74) is 2.28. The summed E-state index contributed by atoms with van der Waals surface area (Å²) in [6.45, 7) is 3.63. The molecule has 3 rings (SSSR count). The Balaban J connectivity index is 0.00000280. The number of rotatable bonds is 6. The van der Waals surface area contributed by atoms with Gasteiger partial charge in [0, 0.05) is 50.0 Å². The van der Waals surface area contributed by atoms with Crippen molar-refractivity contribution >= 4 is 47.2 Å². The minimum absolute atomic E-state index is 0. The average Bonchev–Trinajstić information content (AvgIpc) is 3.18. The molecule has 0 spiro atoms. The Labute approximate surface area is 189 Å². The van der Waals surface area contributed by atoms with Crippen molar-refractivity contribution in [2.45, 2.75) is 13.0 Å². The van der Waals surface area contributed by atoms with Gasteiger partial charge in [-0.15, -0.1) is 24.0 Å². The fraction of sp³-hybridized carbons (Fsp3) is 0.381. The number of halogens is 2. The molecule has 5 nitrogen and oxygen atoms in total. The fourth-order valence-electron chi connectivity index (χ4n) is 3.32. The highest BCUT2D eigenvalue weighted by molar-refractivity contribution is 14.0. The van der Waals surface area contributed by atoms with E-state index < -0.39 is 0 Å². The summed E-state index contributed by atoms with van der Waals surface area (Å²) in [6, 6.07) is 16.1.